The van der Waals surface area contributed by atoms with Crippen molar-refractivity contribution in [3.05, 3.63) is 52.7 Å². The lowest BCUT2D eigenvalue weighted by atomic mass is 10.2. The van der Waals surface area contributed by atoms with Gasteiger partial charge in [0.2, 0.25) is 5.88 Å². The molecule has 0 aliphatic carbocycles. The first-order chi connectivity index (χ1) is 8.58. The molecule has 0 bridgehead atoms. The van der Waals surface area contributed by atoms with Gasteiger partial charge in [0.25, 0.3) is 0 Å². The topological polar surface area (TPSA) is 39.2 Å². The first-order valence-electron chi connectivity index (χ1n) is 5.48. The number of hydrogen-bond acceptors (Lipinski definition) is 3. The molecule has 0 unspecified atom stereocenters. The van der Waals surface area contributed by atoms with Gasteiger partial charge in [0.05, 0.1) is 10.6 Å². The minimum Gasteiger partial charge on any atom is -0.437 e. The van der Waals surface area contributed by atoms with E-state index in [2.05, 4.69) is 4.98 Å². The zero-order valence-electron chi connectivity index (χ0n) is 10.1. The fraction of sp³-hybridized carbons (Fsp3) is 0.143. The zero-order valence-corrected chi connectivity index (χ0v) is 10.9. The van der Waals surface area contributed by atoms with Crippen molar-refractivity contribution in [2.75, 3.05) is 0 Å². The lowest BCUT2D eigenvalue weighted by Crippen LogP contribution is -1.99. The van der Waals surface area contributed by atoms with Crippen LogP contribution < -0.4 is 4.74 Å². The molecule has 0 saturated heterocycles. The summed E-state index contributed by atoms with van der Waals surface area (Å²) < 4.78 is 5.59. The molecule has 1 aromatic carbocycles. The number of aromatic nitrogens is 1. The summed E-state index contributed by atoms with van der Waals surface area (Å²) in [5, 5.41) is 0.496. The van der Waals surface area contributed by atoms with E-state index in [0.717, 1.165) is 5.56 Å². The summed E-state index contributed by atoms with van der Waals surface area (Å²) in [6.07, 6.45) is 1.57. The second-order valence-electron chi connectivity index (χ2n) is 3.95. The van der Waals surface area contributed by atoms with E-state index in [1.165, 1.54) is 6.92 Å². The van der Waals surface area contributed by atoms with Crippen LogP contribution in [0.1, 0.15) is 22.8 Å². The molecule has 3 nitrogen and oxygen atoms in total. The molecule has 1 aromatic heterocycles. The molecule has 4 heteroatoms. The number of Topliss-reactive ketones (excluding diaryl/α,β-unsaturated/α-hetero) is 1. The molecule has 0 spiro atoms. The maximum absolute atomic E-state index is 11.4. The summed E-state index contributed by atoms with van der Waals surface area (Å²) in [5.41, 5.74) is 1.48. The molecule has 0 amide bonds. The molecule has 2 rings (SSSR count). The highest BCUT2D eigenvalue weighted by molar-refractivity contribution is 6.32. The Morgan fingerprint density at radius 3 is 2.78 bits per heavy atom. The molecule has 0 aliphatic heterocycles. The normalized spacial score (nSPS) is 10.2. The maximum atomic E-state index is 11.4. The summed E-state index contributed by atoms with van der Waals surface area (Å²) >= 11 is 6.07. The number of carbonyl (C=O) groups excluding carboxylic acids is 1. The second-order valence-corrected chi connectivity index (χ2v) is 4.36. The second kappa shape index (κ2) is 5.19. The highest BCUT2D eigenvalue weighted by Gasteiger charge is 2.11. The van der Waals surface area contributed by atoms with Crippen LogP contribution in [0.5, 0.6) is 11.6 Å². The standard InChI is InChI=1S/C14H12ClNO2/c1-9-5-6-13(12(15)8-9)18-14-11(10(2)17)4-3-7-16-14/h3-8H,1-2H3. The van der Waals surface area contributed by atoms with Crippen LogP contribution in [0.2, 0.25) is 5.02 Å². The average Bonchev–Trinajstić information content (AvgIpc) is 2.33. The van der Waals surface area contributed by atoms with Crippen molar-refractivity contribution < 1.29 is 9.53 Å². The Hall–Kier alpha value is -1.87. The van der Waals surface area contributed by atoms with Crippen molar-refractivity contribution in [2.45, 2.75) is 13.8 Å². The summed E-state index contributed by atoms with van der Waals surface area (Å²) in [6.45, 7) is 3.41. The van der Waals surface area contributed by atoms with Crippen LogP contribution in [-0.4, -0.2) is 10.8 Å². The van der Waals surface area contributed by atoms with Crippen molar-refractivity contribution in [3.8, 4) is 11.6 Å². The number of ketones is 1. The van der Waals surface area contributed by atoms with Crippen molar-refractivity contribution in [1.82, 2.24) is 4.98 Å². The van der Waals surface area contributed by atoms with Gasteiger partial charge in [-0.2, -0.15) is 0 Å². The van der Waals surface area contributed by atoms with Gasteiger partial charge in [-0.25, -0.2) is 4.98 Å². The third-order valence-electron chi connectivity index (χ3n) is 2.44. The Bertz CT molecular complexity index is 596. The smallest absolute Gasteiger partial charge is 0.230 e. The van der Waals surface area contributed by atoms with Crippen molar-refractivity contribution >= 4 is 17.4 Å². The Kier molecular flexibility index (Phi) is 3.63. The van der Waals surface area contributed by atoms with Crippen molar-refractivity contribution in [2.24, 2.45) is 0 Å². The molecule has 92 valence electrons. The van der Waals surface area contributed by atoms with E-state index >= 15 is 0 Å². The van der Waals surface area contributed by atoms with Crippen LogP contribution in [0.25, 0.3) is 0 Å². The van der Waals surface area contributed by atoms with Crippen LogP contribution in [0, 0.1) is 6.92 Å². The lowest BCUT2D eigenvalue weighted by molar-refractivity contribution is 0.101. The maximum Gasteiger partial charge on any atom is 0.230 e. The van der Waals surface area contributed by atoms with E-state index in [4.69, 9.17) is 16.3 Å². The number of rotatable bonds is 3. The fourth-order valence-corrected chi connectivity index (χ4v) is 1.81. The number of aryl methyl sites for hydroxylation is 1. The van der Waals surface area contributed by atoms with Crippen molar-refractivity contribution in [3.63, 3.8) is 0 Å². The Labute approximate surface area is 110 Å². The molecule has 18 heavy (non-hydrogen) atoms. The minimum absolute atomic E-state index is 0.0960. The number of carbonyl (C=O) groups is 1. The fourth-order valence-electron chi connectivity index (χ4n) is 1.53. The van der Waals surface area contributed by atoms with Gasteiger partial charge in [0.15, 0.2) is 5.78 Å². The first kappa shape index (κ1) is 12.6. The third-order valence-corrected chi connectivity index (χ3v) is 2.74. The van der Waals surface area contributed by atoms with E-state index in [9.17, 15) is 4.79 Å². The predicted molar refractivity (Wildman–Crippen MR) is 70.5 cm³/mol. The van der Waals surface area contributed by atoms with Gasteiger partial charge in [-0.05, 0) is 43.7 Å². The van der Waals surface area contributed by atoms with E-state index in [1.807, 2.05) is 13.0 Å². The van der Waals surface area contributed by atoms with Gasteiger partial charge < -0.3 is 4.74 Å². The van der Waals surface area contributed by atoms with Crippen LogP contribution in [0.15, 0.2) is 36.5 Å². The van der Waals surface area contributed by atoms with Crippen LogP contribution in [0.3, 0.4) is 0 Å². The molecule has 2 aromatic rings. The summed E-state index contributed by atoms with van der Waals surface area (Å²) in [5.74, 6) is 0.667. The molecule has 0 atom stereocenters. The van der Waals surface area contributed by atoms with Gasteiger partial charge in [0.1, 0.15) is 5.75 Å². The van der Waals surface area contributed by atoms with E-state index in [-0.39, 0.29) is 11.7 Å². The first-order valence-corrected chi connectivity index (χ1v) is 5.85. The Balaban J connectivity index is 2.37. The summed E-state index contributed by atoms with van der Waals surface area (Å²) in [6, 6.07) is 8.81. The van der Waals surface area contributed by atoms with Gasteiger partial charge in [-0.1, -0.05) is 17.7 Å². The predicted octanol–water partition coefficient (Wildman–Crippen LogP) is 4.04. The quantitative estimate of drug-likeness (QED) is 0.783. The number of nitrogens with zero attached hydrogens (tertiary/aromatic N) is 1. The highest BCUT2D eigenvalue weighted by Crippen LogP contribution is 2.30. The summed E-state index contributed by atoms with van der Waals surface area (Å²) in [7, 11) is 0. The van der Waals surface area contributed by atoms with Gasteiger partial charge in [-0.15, -0.1) is 0 Å². The number of halogens is 1. The minimum atomic E-state index is -0.0960. The van der Waals surface area contributed by atoms with Gasteiger partial charge in [-0.3, -0.25) is 4.79 Å². The van der Waals surface area contributed by atoms with Crippen molar-refractivity contribution in [1.29, 1.82) is 0 Å². The van der Waals surface area contributed by atoms with E-state index < -0.39 is 0 Å². The van der Waals surface area contributed by atoms with Crippen LogP contribution in [-0.2, 0) is 0 Å². The molecule has 0 saturated carbocycles. The summed E-state index contributed by atoms with van der Waals surface area (Å²) in [4.78, 5) is 15.5. The number of pyridine rings is 1. The molecule has 1 heterocycles. The molecule has 0 N–H and O–H groups in total. The van der Waals surface area contributed by atoms with Crippen LogP contribution in [0.4, 0.5) is 0 Å². The molecule has 0 radical (unpaired) electrons. The number of ether oxygens (including phenoxy) is 1. The number of benzene rings is 1. The molecule has 0 fully saturated rings. The largest absolute Gasteiger partial charge is 0.437 e. The molecular weight excluding hydrogens is 250 g/mol. The average molecular weight is 262 g/mol. The Morgan fingerprint density at radius 1 is 1.33 bits per heavy atom. The highest BCUT2D eigenvalue weighted by atomic mass is 35.5. The number of hydrogen-bond donors (Lipinski definition) is 0. The SMILES string of the molecule is CC(=O)c1cccnc1Oc1ccc(C)cc1Cl. The lowest BCUT2D eigenvalue weighted by Gasteiger charge is -2.09. The van der Waals surface area contributed by atoms with Gasteiger partial charge in [0, 0.05) is 6.20 Å². The molecule has 0 aliphatic rings. The zero-order chi connectivity index (χ0) is 13.1. The van der Waals surface area contributed by atoms with E-state index in [1.54, 1.807) is 30.5 Å². The monoisotopic (exact) mass is 261 g/mol. The Morgan fingerprint density at radius 2 is 2.11 bits per heavy atom. The third kappa shape index (κ3) is 2.68. The van der Waals surface area contributed by atoms with E-state index in [0.29, 0.717) is 16.3 Å². The molecular formula is C14H12ClNO2. The van der Waals surface area contributed by atoms with Crippen LogP contribution >= 0.6 is 11.6 Å². The van der Waals surface area contributed by atoms with Gasteiger partial charge >= 0.3 is 0 Å².